The van der Waals surface area contributed by atoms with Crippen molar-refractivity contribution in [2.45, 2.75) is 33.2 Å². The van der Waals surface area contributed by atoms with Gasteiger partial charge in [-0.05, 0) is 37.1 Å². The summed E-state index contributed by atoms with van der Waals surface area (Å²) in [4.78, 5) is 25.4. The van der Waals surface area contributed by atoms with Gasteiger partial charge in [-0.3, -0.25) is 10.1 Å². The number of aryl methyl sites for hydroxylation is 1. The molecule has 0 aliphatic heterocycles. The highest BCUT2D eigenvalue weighted by atomic mass is 35.5. The van der Waals surface area contributed by atoms with Crippen LogP contribution in [0.4, 0.5) is 20.0 Å². The number of halogens is 2. The molecule has 0 saturated heterocycles. The van der Waals surface area contributed by atoms with Gasteiger partial charge >= 0.3 is 6.03 Å². The molecule has 0 aliphatic carbocycles. The zero-order chi connectivity index (χ0) is 23.3. The fraction of sp³-hybridized carbons (Fsp3) is 0.273. The van der Waals surface area contributed by atoms with Crippen LogP contribution >= 0.6 is 22.9 Å². The maximum atomic E-state index is 13.3. The van der Waals surface area contributed by atoms with Gasteiger partial charge in [-0.15, -0.1) is 10.2 Å². The minimum absolute atomic E-state index is 0.111. The van der Waals surface area contributed by atoms with Gasteiger partial charge in [0.2, 0.25) is 11.0 Å². The Bertz CT molecular complexity index is 1120. The van der Waals surface area contributed by atoms with Gasteiger partial charge < -0.3 is 10.6 Å². The van der Waals surface area contributed by atoms with Gasteiger partial charge in [-0.25, -0.2) is 9.18 Å². The highest BCUT2D eigenvalue weighted by Gasteiger charge is 2.27. The van der Waals surface area contributed by atoms with Crippen molar-refractivity contribution >= 4 is 45.7 Å². The molecule has 0 spiro atoms. The molecular weight excluding hydrogens is 453 g/mol. The molecule has 0 unspecified atom stereocenters. The third kappa shape index (κ3) is 6.02. The molecule has 3 aromatic rings. The van der Waals surface area contributed by atoms with Crippen molar-refractivity contribution in [2.75, 3.05) is 10.6 Å². The van der Waals surface area contributed by atoms with Gasteiger partial charge in [0.15, 0.2) is 0 Å². The number of nitrogens with zero attached hydrogens (tertiary/aromatic N) is 2. The van der Waals surface area contributed by atoms with E-state index < -0.39 is 23.8 Å². The largest absolute Gasteiger partial charge is 0.326 e. The molecule has 0 fully saturated rings. The summed E-state index contributed by atoms with van der Waals surface area (Å²) in [5, 5.41) is 17.1. The third-order valence-corrected chi connectivity index (χ3v) is 6.06. The number of amides is 3. The molecule has 0 radical (unpaired) electrons. The highest BCUT2D eigenvalue weighted by Crippen LogP contribution is 2.27. The van der Waals surface area contributed by atoms with E-state index in [1.807, 2.05) is 45.0 Å². The number of urea groups is 1. The molecule has 0 saturated carbocycles. The summed E-state index contributed by atoms with van der Waals surface area (Å²) in [6.07, 6.45) is 0.658. The van der Waals surface area contributed by atoms with Gasteiger partial charge in [0, 0.05) is 11.3 Å². The fourth-order valence-electron chi connectivity index (χ4n) is 2.94. The first kappa shape index (κ1) is 23.6. The summed E-state index contributed by atoms with van der Waals surface area (Å²) >= 11 is 7.00. The van der Waals surface area contributed by atoms with E-state index in [9.17, 15) is 14.0 Å². The molecule has 0 bridgehead atoms. The summed E-state index contributed by atoms with van der Waals surface area (Å²) in [6, 6.07) is 10.2. The van der Waals surface area contributed by atoms with Crippen molar-refractivity contribution in [3.05, 3.63) is 58.9 Å². The van der Waals surface area contributed by atoms with Crippen LogP contribution in [0.5, 0.6) is 0 Å². The molecule has 2 aromatic carbocycles. The number of nitrogens with one attached hydrogen (secondary N) is 3. The molecule has 32 heavy (non-hydrogen) atoms. The molecule has 3 rings (SSSR count). The van der Waals surface area contributed by atoms with Crippen LogP contribution in [0.1, 0.15) is 25.8 Å². The average molecular weight is 476 g/mol. The molecule has 3 N–H and O–H groups in total. The van der Waals surface area contributed by atoms with E-state index in [2.05, 4.69) is 26.1 Å². The van der Waals surface area contributed by atoms with Crippen molar-refractivity contribution in [3.8, 4) is 10.6 Å². The first-order valence-corrected chi connectivity index (χ1v) is 11.2. The van der Waals surface area contributed by atoms with Crippen molar-refractivity contribution in [3.63, 3.8) is 0 Å². The molecule has 168 valence electrons. The maximum absolute atomic E-state index is 13.3. The molecule has 7 nitrogen and oxygen atoms in total. The molecular formula is C22H23ClFN5O2S. The van der Waals surface area contributed by atoms with Crippen LogP contribution in [0.15, 0.2) is 42.5 Å². The maximum Gasteiger partial charge on any atom is 0.319 e. The molecule has 1 heterocycles. The smallest absolute Gasteiger partial charge is 0.319 e. The second-order valence-corrected chi connectivity index (χ2v) is 8.75. The second kappa shape index (κ2) is 10.5. The lowest BCUT2D eigenvalue weighted by Gasteiger charge is -2.23. The molecule has 1 aromatic heterocycles. The summed E-state index contributed by atoms with van der Waals surface area (Å²) in [5.41, 5.74) is 2.32. The second-order valence-electron chi connectivity index (χ2n) is 7.36. The van der Waals surface area contributed by atoms with Gasteiger partial charge in [-0.1, -0.05) is 67.0 Å². The van der Waals surface area contributed by atoms with Gasteiger partial charge in [-0.2, -0.15) is 0 Å². The first-order chi connectivity index (χ1) is 15.3. The van der Waals surface area contributed by atoms with Crippen molar-refractivity contribution < 1.29 is 14.0 Å². The summed E-state index contributed by atoms with van der Waals surface area (Å²) < 4.78 is 13.3. The summed E-state index contributed by atoms with van der Waals surface area (Å²) in [6.45, 7) is 5.77. The van der Waals surface area contributed by atoms with Crippen molar-refractivity contribution in [2.24, 2.45) is 5.92 Å². The summed E-state index contributed by atoms with van der Waals surface area (Å²) in [5.74, 6) is -1.14. The van der Waals surface area contributed by atoms with Gasteiger partial charge in [0.25, 0.3) is 0 Å². The lowest BCUT2D eigenvalue weighted by atomic mass is 9.98. The third-order valence-electron chi connectivity index (χ3n) is 4.88. The Morgan fingerprint density at radius 1 is 1.16 bits per heavy atom. The molecule has 10 heteroatoms. The Labute approximate surface area is 194 Å². The predicted octanol–water partition coefficient (Wildman–Crippen LogP) is 5.48. The van der Waals surface area contributed by atoms with Crippen LogP contribution in [-0.2, 0) is 4.79 Å². The number of aromatic nitrogens is 2. The Hall–Kier alpha value is -3.04. The van der Waals surface area contributed by atoms with Crippen LogP contribution in [0.25, 0.3) is 10.6 Å². The number of benzene rings is 2. The zero-order valence-electron chi connectivity index (χ0n) is 17.8. The van der Waals surface area contributed by atoms with Crippen molar-refractivity contribution in [1.29, 1.82) is 0 Å². The Kier molecular flexibility index (Phi) is 7.76. The molecule has 0 aliphatic rings. The number of hydrogen-bond donors (Lipinski definition) is 3. The lowest BCUT2D eigenvalue weighted by molar-refractivity contribution is -0.119. The van der Waals surface area contributed by atoms with Crippen LogP contribution in [-0.4, -0.2) is 28.2 Å². The predicted molar refractivity (Wildman–Crippen MR) is 126 cm³/mol. The van der Waals surface area contributed by atoms with E-state index in [-0.39, 0.29) is 10.9 Å². The van der Waals surface area contributed by atoms with E-state index in [0.717, 1.165) is 17.2 Å². The Morgan fingerprint density at radius 2 is 1.94 bits per heavy atom. The number of carbonyl (C=O) groups excluding carboxylic acids is 2. The number of hydrogen-bond acceptors (Lipinski definition) is 5. The quantitative estimate of drug-likeness (QED) is 0.421. The Morgan fingerprint density at radius 3 is 2.62 bits per heavy atom. The SMILES string of the molecule is CC[C@H](C)[C@@H](NC(=O)Nc1ccc(F)c(Cl)c1)C(=O)Nc1nnc(-c2cccc(C)c2)s1. The fourth-order valence-corrected chi connectivity index (χ4v) is 3.86. The minimum Gasteiger partial charge on any atom is -0.326 e. The van der Waals surface area contributed by atoms with E-state index in [0.29, 0.717) is 22.2 Å². The number of rotatable bonds is 7. The van der Waals surface area contributed by atoms with Crippen LogP contribution in [0.3, 0.4) is 0 Å². The normalized spacial score (nSPS) is 12.7. The topological polar surface area (TPSA) is 96.0 Å². The molecule has 3 amide bonds. The number of carbonyl (C=O) groups is 2. The van der Waals surface area contributed by atoms with E-state index in [1.165, 1.54) is 23.5 Å². The van der Waals surface area contributed by atoms with Gasteiger partial charge in [0.1, 0.15) is 16.9 Å². The summed E-state index contributed by atoms with van der Waals surface area (Å²) in [7, 11) is 0. The van der Waals surface area contributed by atoms with E-state index in [4.69, 9.17) is 11.6 Å². The van der Waals surface area contributed by atoms with E-state index >= 15 is 0 Å². The minimum atomic E-state index is -0.817. The Balaban J connectivity index is 1.68. The van der Waals surface area contributed by atoms with E-state index in [1.54, 1.807) is 0 Å². The van der Waals surface area contributed by atoms with Crippen molar-refractivity contribution in [1.82, 2.24) is 15.5 Å². The van der Waals surface area contributed by atoms with Crippen LogP contribution in [0, 0.1) is 18.7 Å². The standard InChI is InChI=1S/C22H23ClFN5O2S/c1-4-13(3)18(26-21(31)25-15-8-9-17(24)16(23)11-15)19(30)27-22-29-28-20(32-22)14-7-5-6-12(2)10-14/h5-11,13,18H,4H2,1-3H3,(H2,25,26,31)(H,27,29,30)/t13-,18+/m0/s1. The average Bonchev–Trinajstić information content (AvgIpc) is 3.22. The monoisotopic (exact) mass is 475 g/mol. The zero-order valence-corrected chi connectivity index (χ0v) is 19.4. The number of anilines is 2. The van der Waals surface area contributed by atoms with Crippen LogP contribution in [0.2, 0.25) is 5.02 Å². The highest BCUT2D eigenvalue weighted by molar-refractivity contribution is 7.18. The molecule has 2 atom stereocenters. The first-order valence-electron chi connectivity index (χ1n) is 10.0. The van der Waals surface area contributed by atoms with Gasteiger partial charge in [0.05, 0.1) is 5.02 Å². The lowest BCUT2D eigenvalue weighted by Crippen LogP contribution is -2.49. The van der Waals surface area contributed by atoms with Crippen LogP contribution < -0.4 is 16.0 Å².